The molecule has 0 unspecified atom stereocenters. The first kappa shape index (κ1) is 48.6. The van der Waals surface area contributed by atoms with E-state index in [4.69, 9.17) is 14.2 Å². The van der Waals surface area contributed by atoms with E-state index >= 15 is 0 Å². The standard InChI is InChI=1S/C12H26N2O2.C10H22N2O2.C9H20N2O2.CH4/c1-12(2,3)16-11(15)14-10-8-6-5-7-9-13-4;1-10(2,3)14-9(13)12-8-6-5-7-11-4;1-9(2,3)13-8(12)11-7-5-6-10-4;/h4-10,13H2,1-3H3,(H,14,15);4-8,11H2,1-3H3,(H,12,13);4-7,10H2,1-3H3,(H,11,12);1H4. The van der Waals surface area contributed by atoms with Gasteiger partial charge in [0.25, 0.3) is 0 Å². The molecule has 44 heavy (non-hydrogen) atoms. The Balaban J connectivity index is -0.000000271. The van der Waals surface area contributed by atoms with Gasteiger partial charge in [0, 0.05) is 26.1 Å². The summed E-state index contributed by atoms with van der Waals surface area (Å²) in [6, 6.07) is 0. The lowest BCUT2D eigenvalue weighted by molar-refractivity contribution is -0.596. The average Bonchev–Trinajstić information content (AvgIpc) is 2.83. The van der Waals surface area contributed by atoms with Crippen molar-refractivity contribution in [1.82, 2.24) is 16.0 Å². The van der Waals surface area contributed by atoms with E-state index in [2.05, 4.69) is 37.1 Å². The number of alkyl carbamates (subject to hydrolysis) is 3. The number of carbonyl (C=O) groups is 3. The first-order chi connectivity index (χ1) is 19.9. The topological polar surface area (TPSA) is 165 Å². The van der Waals surface area contributed by atoms with Gasteiger partial charge >= 0.3 is 18.3 Å². The number of rotatable bonds is 16. The first-order valence-corrected chi connectivity index (χ1v) is 15.6. The fourth-order valence-electron chi connectivity index (χ4n) is 2.94. The van der Waals surface area contributed by atoms with Gasteiger partial charge in [-0.1, -0.05) is 13.8 Å². The molecule has 0 saturated carbocycles. The number of unbranched alkanes of at least 4 members (excludes halogenated alkanes) is 4. The van der Waals surface area contributed by atoms with Crippen LogP contribution in [0.2, 0.25) is 0 Å². The highest BCUT2D eigenvalue weighted by Gasteiger charge is 2.16. The highest BCUT2D eigenvalue weighted by Crippen LogP contribution is 2.07. The predicted octanol–water partition coefficient (Wildman–Crippen LogP) is 2.97. The monoisotopic (exact) mass is 637 g/mol. The molecule has 3 amide bonds. The van der Waals surface area contributed by atoms with Gasteiger partial charge in [-0.2, -0.15) is 21.1 Å². The summed E-state index contributed by atoms with van der Waals surface area (Å²) in [7, 11) is 10.9. The molecule has 0 atom stereocenters. The Morgan fingerprint density at radius 1 is 0.477 bits per heavy atom. The predicted molar refractivity (Wildman–Crippen MR) is 178 cm³/mol. The molecule has 9 N–H and O–H groups in total. The lowest BCUT2D eigenvalue weighted by Gasteiger charge is -2.19. The maximum absolute atomic E-state index is 11.2. The zero-order valence-electron chi connectivity index (χ0n) is 29.0. The molecule has 0 saturated heterocycles. The second kappa shape index (κ2) is 29.4. The van der Waals surface area contributed by atoms with Gasteiger partial charge in [0.2, 0.25) is 0 Å². The van der Waals surface area contributed by atoms with Crippen molar-refractivity contribution in [3.63, 3.8) is 0 Å². The van der Waals surface area contributed by atoms with Crippen LogP contribution in [0.5, 0.6) is 0 Å². The van der Waals surface area contributed by atoms with Crippen molar-refractivity contribution < 1.29 is 44.5 Å². The molecule has 12 heteroatoms. The maximum Gasteiger partial charge on any atom is 0.407 e. The van der Waals surface area contributed by atoms with Crippen LogP contribution in [0.15, 0.2) is 0 Å². The molecular formula is C32H72N6O6. The van der Waals surface area contributed by atoms with Crippen molar-refractivity contribution in [2.45, 2.75) is 131 Å². The molecule has 0 heterocycles. The lowest BCUT2D eigenvalue weighted by Crippen LogP contribution is -2.77. The smallest absolute Gasteiger partial charge is 0.407 e. The fraction of sp³-hybridized carbons (Fsp3) is 0.812. The Labute approximate surface area is 270 Å². The third-order valence-corrected chi connectivity index (χ3v) is 4.76. The minimum absolute atomic E-state index is 0. The quantitative estimate of drug-likeness (QED) is 0.0866. The van der Waals surface area contributed by atoms with Gasteiger partial charge in [-0.3, -0.25) is 0 Å². The Hall–Kier alpha value is -2.31. The molecule has 0 aromatic rings. The van der Waals surface area contributed by atoms with Crippen LogP contribution in [0.3, 0.4) is 0 Å². The number of hydrogen-bond donors (Lipinski definition) is 6. The highest BCUT2D eigenvalue weighted by atomic mass is 16.6. The van der Waals surface area contributed by atoms with Crippen LogP contribution in [-0.4, -0.2) is 74.4 Å². The van der Waals surface area contributed by atoms with Gasteiger partial charge in [-0.05, 0) is 94.4 Å². The van der Waals surface area contributed by atoms with Crippen LogP contribution >= 0.6 is 0 Å². The van der Waals surface area contributed by atoms with Gasteiger partial charge in [0.15, 0.2) is 0 Å². The van der Waals surface area contributed by atoms with Crippen LogP contribution in [0, 0.1) is 21.1 Å². The van der Waals surface area contributed by atoms with Crippen LogP contribution in [-0.2, 0) is 14.2 Å². The summed E-state index contributed by atoms with van der Waals surface area (Å²) < 4.78 is 15.2. The second-order valence-corrected chi connectivity index (χ2v) is 13.0. The van der Waals surface area contributed by atoms with Crippen LogP contribution in [0.4, 0.5) is 14.4 Å². The molecule has 0 aromatic carbocycles. The zero-order valence-corrected chi connectivity index (χ0v) is 29.0. The van der Waals surface area contributed by atoms with Gasteiger partial charge < -0.3 is 46.1 Å². The van der Waals surface area contributed by atoms with E-state index < -0.39 is 16.8 Å². The molecule has 0 aliphatic heterocycles. The van der Waals surface area contributed by atoms with Crippen molar-refractivity contribution in [3.05, 3.63) is 21.1 Å². The van der Waals surface area contributed by atoms with Crippen LogP contribution in [0.1, 0.15) is 115 Å². The minimum Gasteiger partial charge on any atom is -0.479 e. The minimum atomic E-state index is -0.414. The average molecular weight is 637 g/mol. The third-order valence-electron chi connectivity index (χ3n) is 4.76. The van der Waals surface area contributed by atoms with Gasteiger partial charge in [0.05, 0.1) is 19.6 Å². The van der Waals surface area contributed by atoms with Crippen molar-refractivity contribution in [2.24, 2.45) is 0 Å². The van der Waals surface area contributed by atoms with Crippen molar-refractivity contribution in [3.8, 4) is 0 Å². The Kier molecular flexibility index (Phi) is 32.5. The summed E-state index contributed by atoms with van der Waals surface area (Å²) in [5.74, 6) is 0. The molecule has 0 fully saturated rings. The summed E-state index contributed by atoms with van der Waals surface area (Å²) in [6.45, 7) is 21.7. The first-order valence-electron chi connectivity index (χ1n) is 15.6. The summed E-state index contributed by atoms with van der Waals surface area (Å²) in [4.78, 5) is 33.4. The molecule has 0 aliphatic rings. The number of nitrogens with one attached hydrogen (secondary N) is 3. The summed E-state index contributed by atoms with van der Waals surface area (Å²) >= 11 is 0. The summed E-state index contributed by atoms with van der Waals surface area (Å²) in [5, 5.41) is 13.8. The Bertz CT molecular complexity index is 688. The van der Waals surface area contributed by atoms with E-state index in [9.17, 15) is 14.4 Å². The van der Waals surface area contributed by atoms with E-state index in [-0.39, 0.29) is 25.7 Å². The van der Waals surface area contributed by atoms with Gasteiger partial charge in [0.1, 0.15) is 16.8 Å². The van der Waals surface area contributed by atoms with Gasteiger partial charge in [-0.15, -0.1) is 0 Å². The molecular weight excluding hydrogens is 564 g/mol. The van der Waals surface area contributed by atoms with E-state index in [0.717, 1.165) is 51.7 Å². The zero-order chi connectivity index (χ0) is 33.8. The van der Waals surface area contributed by atoms with E-state index in [1.807, 2.05) is 78.3 Å². The molecule has 0 bridgehead atoms. The number of quaternary nitrogens is 3. The number of hydrogen-bond acceptors (Lipinski definition) is 6. The molecule has 266 valence electrons. The fourth-order valence-corrected chi connectivity index (χ4v) is 2.94. The number of nitrogens with two attached hydrogens (primary N) is 3. The van der Waals surface area contributed by atoms with Crippen molar-refractivity contribution >= 4 is 18.3 Å². The molecule has 0 aromatic heterocycles. The largest absolute Gasteiger partial charge is 0.479 e. The van der Waals surface area contributed by atoms with E-state index in [0.29, 0.717) is 19.6 Å². The van der Waals surface area contributed by atoms with Crippen LogP contribution < -0.4 is 31.9 Å². The normalized spacial score (nSPS) is 10.9. The van der Waals surface area contributed by atoms with Crippen molar-refractivity contribution in [2.75, 3.05) is 39.3 Å². The highest BCUT2D eigenvalue weighted by molar-refractivity contribution is 5.68. The second-order valence-electron chi connectivity index (χ2n) is 13.0. The molecule has 0 spiro atoms. The van der Waals surface area contributed by atoms with E-state index in [1.165, 1.54) is 12.8 Å². The summed E-state index contributed by atoms with van der Waals surface area (Å²) in [6.07, 6.45) is 6.46. The summed E-state index contributed by atoms with van der Waals surface area (Å²) in [5.41, 5.74) is -1.23. The van der Waals surface area contributed by atoms with E-state index in [1.54, 1.807) is 0 Å². The SMILES string of the molecule is C.[CH2-][NH2+]CCCCCCNC(=O)OC(C)(C)C.[CH2-][NH2+]CCCCNC(=O)OC(C)(C)C.[CH2-][NH2+]CCCNC(=O)OC(C)(C)C. The van der Waals surface area contributed by atoms with Gasteiger partial charge in [-0.25, -0.2) is 14.4 Å². The molecule has 0 aliphatic carbocycles. The Morgan fingerprint density at radius 3 is 1.05 bits per heavy atom. The number of amides is 3. The number of carbonyl (C=O) groups excluding carboxylic acids is 3. The molecule has 12 nitrogen and oxygen atoms in total. The lowest BCUT2D eigenvalue weighted by atomic mass is 10.2. The third kappa shape index (κ3) is 49.4. The van der Waals surface area contributed by atoms with Crippen molar-refractivity contribution in [1.29, 1.82) is 0 Å². The Morgan fingerprint density at radius 2 is 0.727 bits per heavy atom. The number of ether oxygens (including phenoxy) is 3. The van der Waals surface area contributed by atoms with Crippen LogP contribution in [0.25, 0.3) is 0 Å². The molecule has 0 radical (unpaired) electrons. The molecule has 0 rings (SSSR count). The maximum atomic E-state index is 11.2.